The van der Waals surface area contributed by atoms with Gasteiger partial charge in [-0.05, 0) is 12.1 Å². The summed E-state index contributed by atoms with van der Waals surface area (Å²) >= 11 is 0. The van der Waals surface area contributed by atoms with Gasteiger partial charge in [-0.3, -0.25) is 4.79 Å². The van der Waals surface area contributed by atoms with Crippen LogP contribution in [0.25, 0.3) is 23.0 Å². The van der Waals surface area contributed by atoms with Crippen LogP contribution >= 0.6 is 0 Å². The molecule has 0 amide bonds. The number of nitrogens with one attached hydrogen (secondary N) is 1. The van der Waals surface area contributed by atoms with E-state index < -0.39 is 0 Å². The van der Waals surface area contributed by atoms with Gasteiger partial charge in [0.2, 0.25) is 0 Å². The molecular weight excluding hydrogens is 254 g/mol. The first kappa shape index (κ1) is 12.1. The lowest BCUT2D eigenvalue weighted by molar-refractivity contribution is 0.515. The van der Waals surface area contributed by atoms with E-state index in [2.05, 4.69) is 15.0 Å². The molecule has 0 radical (unpaired) electrons. The number of pyridine rings is 1. The first-order chi connectivity index (χ1) is 9.74. The number of rotatable bonds is 2. The first-order valence-corrected chi connectivity index (χ1v) is 6.05. The lowest BCUT2D eigenvalue weighted by Crippen LogP contribution is -2.12. The van der Waals surface area contributed by atoms with E-state index in [0.29, 0.717) is 16.7 Å². The molecule has 0 aliphatic carbocycles. The van der Waals surface area contributed by atoms with E-state index in [0.717, 1.165) is 0 Å². The number of aliphatic hydroxyl groups is 1. The van der Waals surface area contributed by atoms with Crippen LogP contribution in [0.2, 0.25) is 0 Å². The highest BCUT2D eigenvalue weighted by molar-refractivity contribution is 5.77. The van der Waals surface area contributed by atoms with Crippen molar-refractivity contribution in [1.82, 2.24) is 15.0 Å². The molecule has 0 atom stereocenters. The molecule has 0 aliphatic heterocycles. The van der Waals surface area contributed by atoms with Crippen LogP contribution in [0.15, 0.2) is 53.5 Å². The molecule has 3 rings (SSSR count). The number of aromatic nitrogens is 3. The topological polar surface area (TPSA) is 78.9 Å². The highest BCUT2D eigenvalue weighted by atomic mass is 16.3. The van der Waals surface area contributed by atoms with Gasteiger partial charge in [0, 0.05) is 17.8 Å². The van der Waals surface area contributed by atoms with Gasteiger partial charge in [-0.25, -0.2) is 9.97 Å². The highest BCUT2D eigenvalue weighted by Crippen LogP contribution is 2.13. The van der Waals surface area contributed by atoms with Gasteiger partial charge in [0.25, 0.3) is 5.56 Å². The lowest BCUT2D eigenvalue weighted by Gasteiger charge is -2.00. The Morgan fingerprint density at radius 2 is 1.95 bits per heavy atom. The Balaban J connectivity index is 2.11. The van der Waals surface area contributed by atoms with E-state index in [-0.39, 0.29) is 17.0 Å². The number of benzene rings is 1. The number of H-pyrrole nitrogens is 1. The number of fused-ring (bicyclic) bond motifs is 1. The lowest BCUT2D eigenvalue weighted by atomic mass is 10.1. The van der Waals surface area contributed by atoms with Crippen LogP contribution in [-0.2, 0) is 0 Å². The zero-order valence-electron chi connectivity index (χ0n) is 10.4. The van der Waals surface area contributed by atoms with E-state index in [1.165, 1.54) is 6.08 Å². The minimum absolute atomic E-state index is 0.0149. The summed E-state index contributed by atoms with van der Waals surface area (Å²) in [5.74, 6) is -0.0149. The van der Waals surface area contributed by atoms with Crippen molar-refractivity contribution in [3.05, 3.63) is 70.3 Å². The van der Waals surface area contributed by atoms with Gasteiger partial charge < -0.3 is 10.1 Å². The molecule has 0 unspecified atom stereocenters. The summed E-state index contributed by atoms with van der Waals surface area (Å²) in [6, 6.07) is 12.4. The molecule has 2 aromatic heterocycles. The molecule has 0 spiro atoms. The molecule has 0 saturated heterocycles. The molecule has 2 N–H and O–H groups in total. The second-order valence-electron chi connectivity index (χ2n) is 4.22. The number of hydrogen-bond donors (Lipinski definition) is 2. The van der Waals surface area contributed by atoms with Crippen molar-refractivity contribution in [3.63, 3.8) is 0 Å². The second kappa shape index (κ2) is 4.97. The average molecular weight is 265 g/mol. The largest absolute Gasteiger partial charge is 0.507 e. The van der Waals surface area contributed by atoms with Crippen LogP contribution in [0.3, 0.4) is 0 Å². The Morgan fingerprint density at radius 1 is 1.15 bits per heavy atom. The Kier molecular flexibility index (Phi) is 3.01. The minimum Gasteiger partial charge on any atom is -0.507 e. The molecule has 0 fully saturated rings. The Hall–Kier alpha value is -2.95. The van der Waals surface area contributed by atoms with Crippen molar-refractivity contribution in [2.45, 2.75) is 0 Å². The van der Waals surface area contributed by atoms with Gasteiger partial charge >= 0.3 is 0 Å². The molecule has 0 aliphatic rings. The Morgan fingerprint density at radius 3 is 2.75 bits per heavy atom. The summed E-state index contributed by atoms with van der Waals surface area (Å²) in [6.45, 7) is 0. The standard InChI is InChI=1S/C15H11N3O2/c19-13(10-5-2-1-3-6-10)9-12-15(20)18-11-7-4-8-16-14(11)17-12/h1-9,19H,(H,18,20). The summed E-state index contributed by atoms with van der Waals surface area (Å²) in [6.07, 6.45) is 2.93. The maximum atomic E-state index is 11.9. The molecular formula is C15H11N3O2. The maximum absolute atomic E-state index is 11.9. The predicted molar refractivity (Wildman–Crippen MR) is 77.1 cm³/mol. The van der Waals surface area contributed by atoms with Crippen molar-refractivity contribution in [2.24, 2.45) is 0 Å². The van der Waals surface area contributed by atoms with E-state index in [9.17, 15) is 9.90 Å². The molecule has 0 bridgehead atoms. The maximum Gasteiger partial charge on any atom is 0.274 e. The van der Waals surface area contributed by atoms with Crippen LogP contribution in [-0.4, -0.2) is 20.1 Å². The summed E-state index contributed by atoms with van der Waals surface area (Å²) in [5, 5.41) is 10.0. The average Bonchev–Trinajstić information content (AvgIpc) is 2.49. The SMILES string of the molecule is O=c1[nH]c2cccnc2nc1C=C(O)c1ccccc1. The van der Waals surface area contributed by atoms with E-state index in [4.69, 9.17) is 0 Å². The van der Waals surface area contributed by atoms with Gasteiger partial charge in [0.1, 0.15) is 11.5 Å². The molecule has 98 valence electrons. The van der Waals surface area contributed by atoms with Crippen molar-refractivity contribution < 1.29 is 5.11 Å². The number of aromatic amines is 1. The van der Waals surface area contributed by atoms with Gasteiger partial charge in [0.15, 0.2) is 5.65 Å². The Labute approximate surface area is 114 Å². The van der Waals surface area contributed by atoms with Gasteiger partial charge in [-0.2, -0.15) is 0 Å². The fourth-order valence-electron chi connectivity index (χ4n) is 1.85. The molecule has 20 heavy (non-hydrogen) atoms. The molecule has 5 nitrogen and oxygen atoms in total. The van der Waals surface area contributed by atoms with Crippen LogP contribution in [0.1, 0.15) is 11.3 Å². The molecule has 0 saturated carbocycles. The third-order valence-corrected chi connectivity index (χ3v) is 2.84. The number of aliphatic hydroxyl groups excluding tert-OH is 1. The smallest absolute Gasteiger partial charge is 0.274 e. The summed E-state index contributed by atoms with van der Waals surface area (Å²) in [5.41, 5.74) is 1.37. The summed E-state index contributed by atoms with van der Waals surface area (Å²) in [4.78, 5) is 22.8. The zero-order valence-corrected chi connectivity index (χ0v) is 10.4. The molecule has 3 aromatic rings. The van der Waals surface area contributed by atoms with E-state index >= 15 is 0 Å². The van der Waals surface area contributed by atoms with Gasteiger partial charge in [0.05, 0.1) is 5.52 Å². The van der Waals surface area contributed by atoms with Crippen molar-refractivity contribution in [2.75, 3.05) is 0 Å². The first-order valence-electron chi connectivity index (χ1n) is 6.05. The molecule has 5 heteroatoms. The van der Waals surface area contributed by atoms with Crippen molar-refractivity contribution >= 4 is 23.0 Å². The summed E-state index contributed by atoms with van der Waals surface area (Å²) < 4.78 is 0. The van der Waals surface area contributed by atoms with E-state index in [1.54, 1.807) is 42.6 Å². The van der Waals surface area contributed by atoms with E-state index in [1.807, 2.05) is 6.07 Å². The second-order valence-corrected chi connectivity index (χ2v) is 4.22. The highest BCUT2D eigenvalue weighted by Gasteiger charge is 2.05. The van der Waals surface area contributed by atoms with Crippen molar-refractivity contribution in [1.29, 1.82) is 0 Å². The normalized spacial score (nSPS) is 11.7. The quantitative estimate of drug-likeness (QED) is 0.697. The fraction of sp³-hybridized carbons (Fsp3) is 0. The number of hydrogen-bond acceptors (Lipinski definition) is 4. The Bertz CT molecular complexity index is 838. The third kappa shape index (κ3) is 2.29. The van der Waals surface area contributed by atoms with Crippen molar-refractivity contribution in [3.8, 4) is 0 Å². The van der Waals surface area contributed by atoms with Crippen LogP contribution in [0.5, 0.6) is 0 Å². The molecule has 2 heterocycles. The summed E-state index contributed by atoms with van der Waals surface area (Å²) in [7, 11) is 0. The van der Waals surface area contributed by atoms with Crippen LogP contribution < -0.4 is 5.56 Å². The van der Waals surface area contributed by atoms with Gasteiger partial charge in [-0.1, -0.05) is 30.3 Å². The van der Waals surface area contributed by atoms with Gasteiger partial charge in [-0.15, -0.1) is 0 Å². The third-order valence-electron chi connectivity index (χ3n) is 2.84. The monoisotopic (exact) mass is 265 g/mol. The van der Waals surface area contributed by atoms with Crippen LogP contribution in [0.4, 0.5) is 0 Å². The minimum atomic E-state index is -0.368. The van der Waals surface area contributed by atoms with Crippen LogP contribution in [0, 0.1) is 0 Å². The fourth-order valence-corrected chi connectivity index (χ4v) is 1.85. The predicted octanol–water partition coefficient (Wildman–Crippen LogP) is 2.37. The number of nitrogens with zero attached hydrogens (tertiary/aromatic N) is 2. The molecule has 1 aromatic carbocycles. The zero-order chi connectivity index (χ0) is 13.9.